The fourth-order valence-electron chi connectivity index (χ4n) is 2.58. The number of nitrogens with two attached hydrogens (primary N) is 1. The highest BCUT2D eigenvalue weighted by atomic mass is 16.5. The first-order chi connectivity index (χ1) is 10.3. The minimum Gasteiger partial charge on any atom is -0.494 e. The van der Waals surface area contributed by atoms with Crippen molar-refractivity contribution in [1.82, 2.24) is 14.8 Å². The molecule has 1 fully saturated rings. The van der Waals surface area contributed by atoms with Crippen LogP contribution in [0.4, 0.5) is 5.95 Å². The van der Waals surface area contributed by atoms with Crippen molar-refractivity contribution in [3.8, 4) is 17.2 Å². The molecule has 0 saturated carbocycles. The van der Waals surface area contributed by atoms with Gasteiger partial charge in [-0.05, 0) is 25.0 Å². The highest BCUT2D eigenvalue weighted by molar-refractivity contribution is 5.60. The molecule has 21 heavy (non-hydrogen) atoms. The minimum atomic E-state index is -0.107. The monoisotopic (exact) mass is 290 g/mol. The standard InChI is InChI=1S/C14H18N4O3/c1-19-9-5-3-6-10(20-2)12(9)18-13(16-17-14(18)15)11-7-4-8-21-11/h3,5-6,11H,4,7-8H2,1-2H3,(H2,15,17)/t11-/m0/s1. The first-order valence-corrected chi connectivity index (χ1v) is 6.80. The number of ether oxygens (including phenoxy) is 3. The van der Waals surface area contributed by atoms with Gasteiger partial charge >= 0.3 is 0 Å². The molecule has 1 aliphatic heterocycles. The van der Waals surface area contributed by atoms with Gasteiger partial charge in [-0.1, -0.05) is 6.07 Å². The molecular weight excluding hydrogens is 272 g/mol. The van der Waals surface area contributed by atoms with Crippen molar-refractivity contribution in [3.05, 3.63) is 24.0 Å². The molecule has 7 heteroatoms. The van der Waals surface area contributed by atoms with Crippen LogP contribution in [0.2, 0.25) is 0 Å². The smallest absolute Gasteiger partial charge is 0.226 e. The number of aromatic nitrogens is 3. The third-order valence-corrected chi connectivity index (χ3v) is 3.56. The second kappa shape index (κ2) is 5.61. The summed E-state index contributed by atoms with van der Waals surface area (Å²) in [7, 11) is 3.20. The maximum absolute atomic E-state index is 6.01. The second-order valence-corrected chi connectivity index (χ2v) is 4.76. The molecule has 112 valence electrons. The highest BCUT2D eigenvalue weighted by Gasteiger charge is 2.28. The van der Waals surface area contributed by atoms with E-state index in [1.807, 2.05) is 18.2 Å². The average molecular weight is 290 g/mol. The lowest BCUT2D eigenvalue weighted by Crippen LogP contribution is -2.11. The van der Waals surface area contributed by atoms with Crippen molar-refractivity contribution < 1.29 is 14.2 Å². The zero-order valence-electron chi connectivity index (χ0n) is 12.1. The third kappa shape index (κ3) is 2.29. The normalized spacial score (nSPS) is 17.9. The number of nitrogens with zero attached hydrogens (tertiary/aromatic N) is 3. The van der Waals surface area contributed by atoms with E-state index in [4.69, 9.17) is 19.9 Å². The van der Waals surface area contributed by atoms with Crippen LogP contribution in [0.5, 0.6) is 11.5 Å². The Morgan fingerprint density at radius 1 is 1.24 bits per heavy atom. The molecule has 0 unspecified atom stereocenters. The van der Waals surface area contributed by atoms with Crippen LogP contribution in [0.15, 0.2) is 18.2 Å². The first-order valence-electron chi connectivity index (χ1n) is 6.80. The van der Waals surface area contributed by atoms with E-state index in [-0.39, 0.29) is 12.1 Å². The van der Waals surface area contributed by atoms with Gasteiger partial charge in [-0.15, -0.1) is 10.2 Å². The van der Waals surface area contributed by atoms with Crippen molar-refractivity contribution >= 4 is 5.95 Å². The quantitative estimate of drug-likeness (QED) is 0.923. The molecule has 1 aromatic heterocycles. The molecule has 0 bridgehead atoms. The predicted molar refractivity (Wildman–Crippen MR) is 76.8 cm³/mol. The highest BCUT2D eigenvalue weighted by Crippen LogP contribution is 2.37. The van der Waals surface area contributed by atoms with E-state index in [0.29, 0.717) is 23.0 Å². The number of hydrogen-bond acceptors (Lipinski definition) is 6. The summed E-state index contributed by atoms with van der Waals surface area (Å²) in [6.07, 6.45) is 1.79. The lowest BCUT2D eigenvalue weighted by Gasteiger charge is -2.17. The van der Waals surface area contributed by atoms with Gasteiger partial charge in [0.05, 0.1) is 14.2 Å². The molecule has 0 amide bonds. The molecule has 1 aromatic carbocycles. The Bertz CT molecular complexity index is 613. The second-order valence-electron chi connectivity index (χ2n) is 4.76. The molecule has 1 aliphatic rings. The Morgan fingerprint density at radius 3 is 2.52 bits per heavy atom. The minimum absolute atomic E-state index is 0.107. The lowest BCUT2D eigenvalue weighted by molar-refractivity contribution is 0.103. The van der Waals surface area contributed by atoms with E-state index in [2.05, 4.69) is 10.2 Å². The Balaban J connectivity index is 2.18. The summed E-state index contributed by atoms with van der Waals surface area (Å²) in [5.74, 6) is 2.23. The number of para-hydroxylation sites is 1. The summed E-state index contributed by atoms with van der Waals surface area (Å²) in [5, 5.41) is 8.16. The Hall–Kier alpha value is -2.28. The van der Waals surface area contributed by atoms with Crippen LogP contribution in [0.1, 0.15) is 24.8 Å². The Labute approximate surface area is 122 Å². The maximum atomic E-state index is 6.01. The Morgan fingerprint density at radius 2 is 1.95 bits per heavy atom. The fraction of sp³-hybridized carbons (Fsp3) is 0.429. The molecule has 1 saturated heterocycles. The Kier molecular flexibility index (Phi) is 3.66. The number of benzene rings is 1. The van der Waals surface area contributed by atoms with Crippen LogP contribution in [-0.2, 0) is 4.74 Å². The van der Waals surface area contributed by atoms with Gasteiger partial charge in [-0.3, -0.25) is 4.57 Å². The number of hydrogen-bond donors (Lipinski definition) is 1. The topological polar surface area (TPSA) is 84.4 Å². The van der Waals surface area contributed by atoms with Crippen molar-refractivity contribution in [2.45, 2.75) is 18.9 Å². The van der Waals surface area contributed by atoms with E-state index in [0.717, 1.165) is 19.4 Å². The van der Waals surface area contributed by atoms with E-state index in [9.17, 15) is 0 Å². The number of rotatable bonds is 4. The van der Waals surface area contributed by atoms with Gasteiger partial charge in [-0.25, -0.2) is 0 Å². The maximum Gasteiger partial charge on any atom is 0.226 e. The van der Waals surface area contributed by atoms with E-state index >= 15 is 0 Å². The summed E-state index contributed by atoms with van der Waals surface area (Å²) in [4.78, 5) is 0. The average Bonchev–Trinajstić information content (AvgIpc) is 3.15. The number of nitrogen functional groups attached to an aromatic ring is 1. The largest absolute Gasteiger partial charge is 0.494 e. The fourth-order valence-corrected chi connectivity index (χ4v) is 2.58. The summed E-state index contributed by atoms with van der Waals surface area (Å²) in [6.45, 7) is 0.723. The van der Waals surface area contributed by atoms with Gasteiger partial charge in [-0.2, -0.15) is 0 Å². The van der Waals surface area contributed by atoms with Crippen LogP contribution in [0, 0.1) is 0 Å². The van der Waals surface area contributed by atoms with Gasteiger partial charge in [0.15, 0.2) is 5.82 Å². The van der Waals surface area contributed by atoms with E-state index in [1.54, 1.807) is 18.8 Å². The zero-order valence-corrected chi connectivity index (χ0v) is 12.1. The van der Waals surface area contributed by atoms with Crippen molar-refractivity contribution in [3.63, 3.8) is 0 Å². The van der Waals surface area contributed by atoms with Crippen LogP contribution in [0.25, 0.3) is 5.69 Å². The van der Waals surface area contributed by atoms with Gasteiger partial charge in [0.25, 0.3) is 0 Å². The van der Waals surface area contributed by atoms with E-state index in [1.165, 1.54) is 0 Å². The summed E-state index contributed by atoms with van der Waals surface area (Å²) in [5.41, 5.74) is 6.70. The molecule has 2 heterocycles. The molecule has 2 aromatic rings. The van der Waals surface area contributed by atoms with Gasteiger partial charge in [0.2, 0.25) is 5.95 Å². The zero-order chi connectivity index (χ0) is 14.8. The van der Waals surface area contributed by atoms with Crippen LogP contribution >= 0.6 is 0 Å². The summed E-state index contributed by atoms with van der Waals surface area (Å²) in [6, 6.07) is 5.54. The van der Waals surface area contributed by atoms with E-state index < -0.39 is 0 Å². The van der Waals surface area contributed by atoms with Gasteiger partial charge in [0, 0.05) is 6.61 Å². The first kappa shape index (κ1) is 13.7. The number of methoxy groups -OCH3 is 2. The molecule has 0 radical (unpaired) electrons. The van der Waals surface area contributed by atoms with Crippen LogP contribution < -0.4 is 15.2 Å². The molecule has 3 rings (SSSR count). The molecule has 7 nitrogen and oxygen atoms in total. The molecular formula is C14H18N4O3. The van der Waals surface area contributed by atoms with Crippen LogP contribution in [0.3, 0.4) is 0 Å². The molecule has 0 aliphatic carbocycles. The predicted octanol–water partition coefficient (Wildman–Crippen LogP) is 1.72. The molecule has 2 N–H and O–H groups in total. The summed E-state index contributed by atoms with van der Waals surface area (Å²) < 4.78 is 18.3. The molecule has 1 atom stereocenters. The molecule has 0 spiro atoms. The summed E-state index contributed by atoms with van der Waals surface area (Å²) >= 11 is 0. The lowest BCUT2D eigenvalue weighted by atomic mass is 10.2. The van der Waals surface area contributed by atoms with Crippen molar-refractivity contribution in [1.29, 1.82) is 0 Å². The third-order valence-electron chi connectivity index (χ3n) is 3.56. The van der Waals surface area contributed by atoms with Gasteiger partial charge < -0.3 is 19.9 Å². The SMILES string of the molecule is COc1cccc(OC)c1-n1c(N)nnc1[C@@H]1CCCO1. The van der Waals surface area contributed by atoms with Crippen LogP contribution in [-0.4, -0.2) is 35.6 Å². The van der Waals surface area contributed by atoms with Gasteiger partial charge in [0.1, 0.15) is 23.3 Å². The number of anilines is 1. The van der Waals surface area contributed by atoms with Crippen molar-refractivity contribution in [2.75, 3.05) is 26.6 Å². The van der Waals surface area contributed by atoms with Crippen molar-refractivity contribution in [2.24, 2.45) is 0 Å².